The van der Waals surface area contributed by atoms with E-state index in [1.807, 2.05) is 27.7 Å². The third-order valence-electron chi connectivity index (χ3n) is 4.12. The Morgan fingerprint density at radius 3 is 1.88 bits per heavy atom. The topological polar surface area (TPSA) is 82.1 Å². The Labute approximate surface area is 156 Å². The molecule has 0 saturated carbocycles. The van der Waals surface area contributed by atoms with Crippen LogP contribution in [0.2, 0.25) is 0 Å². The molecule has 0 rings (SSSR count). The van der Waals surface area contributed by atoms with E-state index in [1.54, 1.807) is 0 Å². The van der Waals surface area contributed by atoms with Crippen molar-refractivity contribution in [2.24, 2.45) is 16.2 Å². The number of amides is 1. The minimum absolute atomic E-state index is 0.0858. The molecule has 0 bridgehead atoms. The van der Waals surface area contributed by atoms with E-state index in [1.165, 1.54) is 7.05 Å². The van der Waals surface area contributed by atoms with Crippen molar-refractivity contribution in [3.05, 3.63) is 0 Å². The molecular weight excluding hydrogens is 346 g/mol. The molecule has 0 heterocycles. The molecule has 0 N–H and O–H groups in total. The van der Waals surface area contributed by atoms with Crippen molar-refractivity contribution in [1.82, 2.24) is 4.90 Å². The lowest BCUT2D eigenvalue weighted by molar-refractivity contribution is -0.173. The predicted octanol–water partition coefficient (Wildman–Crippen LogP) is 3.43. The first-order chi connectivity index (χ1) is 11.1. The van der Waals surface area contributed by atoms with Crippen molar-refractivity contribution in [2.75, 3.05) is 20.4 Å². The highest BCUT2D eigenvalue weighted by atomic mass is 32.1. The van der Waals surface area contributed by atoms with E-state index in [4.69, 9.17) is 9.47 Å². The van der Waals surface area contributed by atoms with Crippen LogP contribution in [0.4, 0.5) is 4.79 Å². The number of rotatable bonds is 6. The van der Waals surface area contributed by atoms with Crippen LogP contribution in [0.5, 0.6) is 0 Å². The van der Waals surface area contributed by atoms with Gasteiger partial charge in [-0.3, -0.25) is 9.69 Å². The fourth-order valence-corrected chi connectivity index (χ4v) is 2.46. The van der Waals surface area contributed by atoms with Crippen LogP contribution in [0.15, 0.2) is 0 Å². The van der Waals surface area contributed by atoms with Crippen molar-refractivity contribution in [2.45, 2.75) is 54.9 Å². The molecule has 25 heavy (non-hydrogen) atoms. The number of esters is 2. The lowest BCUT2D eigenvalue weighted by Crippen LogP contribution is -2.45. The molecule has 0 aliphatic carbocycles. The summed E-state index contributed by atoms with van der Waals surface area (Å²) in [5, 5.41) is 0. The third-order valence-corrected chi connectivity index (χ3v) is 4.28. The number of thiol groups is 1. The van der Waals surface area contributed by atoms with Crippen LogP contribution >= 0.6 is 12.9 Å². The van der Waals surface area contributed by atoms with Gasteiger partial charge in [-0.1, -0.05) is 41.5 Å². The summed E-state index contributed by atoms with van der Waals surface area (Å²) in [6, 6.07) is 0. The van der Waals surface area contributed by atoms with E-state index in [9.17, 15) is 14.4 Å². The van der Waals surface area contributed by atoms with Crippen molar-refractivity contribution < 1.29 is 28.0 Å². The number of carbonyl (C=O) groups excluding carboxylic acids is 3. The van der Waals surface area contributed by atoms with E-state index in [0.29, 0.717) is 6.42 Å². The van der Waals surface area contributed by atoms with E-state index >= 15 is 0 Å². The highest BCUT2D eigenvalue weighted by Crippen LogP contribution is 2.47. The Hall–Kier alpha value is -1.44. The van der Waals surface area contributed by atoms with Gasteiger partial charge in [0.15, 0.2) is 13.3 Å². The number of ether oxygens (including phenoxy) is 2. The zero-order valence-corrected chi connectivity index (χ0v) is 17.4. The molecule has 0 aromatic heterocycles. The summed E-state index contributed by atoms with van der Waals surface area (Å²) in [5.41, 5.74) is -1.20. The smallest absolute Gasteiger partial charge is 0.424 e. The van der Waals surface area contributed by atoms with Gasteiger partial charge in [0, 0.05) is 20.0 Å². The molecule has 1 unspecified atom stereocenters. The lowest BCUT2D eigenvalue weighted by atomic mass is 9.61. The Balaban J connectivity index is 4.78. The van der Waals surface area contributed by atoms with Gasteiger partial charge in [-0.05, 0) is 24.2 Å². The molecular formula is C17H31NO6S. The molecule has 146 valence electrons. The fourth-order valence-electron chi connectivity index (χ4n) is 2.32. The monoisotopic (exact) mass is 377 g/mol. The van der Waals surface area contributed by atoms with Crippen LogP contribution in [0.1, 0.15) is 54.9 Å². The number of hydrogen-bond acceptors (Lipinski definition) is 7. The SMILES string of the molecule is CN(COC(=O)COC(=O)C(C)(CC(C)(C)C)C(C)(C)C)C(=O)OS. The summed E-state index contributed by atoms with van der Waals surface area (Å²) in [4.78, 5) is 36.5. The van der Waals surface area contributed by atoms with Crippen molar-refractivity contribution in [3.8, 4) is 0 Å². The summed E-state index contributed by atoms with van der Waals surface area (Å²) in [6.07, 6.45) is -0.160. The van der Waals surface area contributed by atoms with Crippen LogP contribution in [-0.4, -0.2) is 43.3 Å². The zero-order valence-electron chi connectivity index (χ0n) is 16.5. The third kappa shape index (κ3) is 7.54. The highest BCUT2D eigenvalue weighted by molar-refractivity contribution is 7.75. The van der Waals surface area contributed by atoms with Crippen LogP contribution in [-0.2, 0) is 23.2 Å². The lowest BCUT2D eigenvalue weighted by Gasteiger charge is -2.43. The van der Waals surface area contributed by atoms with Crippen LogP contribution in [0, 0.1) is 16.2 Å². The first kappa shape index (κ1) is 23.6. The second-order valence-corrected chi connectivity index (χ2v) is 8.78. The van der Waals surface area contributed by atoms with Gasteiger partial charge in [-0.25, -0.2) is 9.59 Å². The molecule has 0 fully saturated rings. The average Bonchev–Trinajstić information content (AvgIpc) is 2.46. The largest absolute Gasteiger partial charge is 0.453 e. The molecule has 1 atom stereocenters. The van der Waals surface area contributed by atoms with E-state index in [-0.39, 0.29) is 17.6 Å². The van der Waals surface area contributed by atoms with Gasteiger partial charge in [-0.15, -0.1) is 0 Å². The zero-order chi connectivity index (χ0) is 20.1. The second-order valence-electron chi connectivity index (χ2n) is 8.60. The number of carbonyl (C=O) groups is 3. The molecule has 8 heteroatoms. The van der Waals surface area contributed by atoms with Crippen molar-refractivity contribution in [1.29, 1.82) is 0 Å². The van der Waals surface area contributed by atoms with Gasteiger partial charge in [0.25, 0.3) is 0 Å². The maximum atomic E-state index is 12.7. The van der Waals surface area contributed by atoms with E-state index in [2.05, 4.69) is 37.9 Å². The van der Waals surface area contributed by atoms with Gasteiger partial charge < -0.3 is 13.7 Å². The predicted molar refractivity (Wildman–Crippen MR) is 96.8 cm³/mol. The van der Waals surface area contributed by atoms with E-state index < -0.39 is 30.1 Å². The minimum atomic E-state index is -0.766. The molecule has 0 aromatic carbocycles. The standard InChI is InChI=1S/C17H31NO6S/c1-15(2,3)10-17(7,16(4,5)6)13(20)22-9-12(19)23-11-18(8)14(21)24-25/h25H,9-11H2,1-8H3. The Morgan fingerprint density at radius 2 is 1.48 bits per heavy atom. The van der Waals surface area contributed by atoms with Crippen molar-refractivity contribution in [3.63, 3.8) is 0 Å². The van der Waals surface area contributed by atoms with Crippen molar-refractivity contribution >= 4 is 30.9 Å². The van der Waals surface area contributed by atoms with Gasteiger partial charge >= 0.3 is 18.0 Å². The molecule has 0 aromatic rings. The maximum Gasteiger partial charge on any atom is 0.424 e. The van der Waals surface area contributed by atoms with Crippen LogP contribution in [0.3, 0.4) is 0 Å². The Morgan fingerprint density at radius 1 is 0.960 bits per heavy atom. The summed E-state index contributed by atoms with van der Waals surface area (Å²) in [5.74, 6) is -1.20. The first-order valence-electron chi connectivity index (χ1n) is 8.03. The normalized spacial score (nSPS) is 14.3. The molecule has 1 amide bonds. The van der Waals surface area contributed by atoms with E-state index in [0.717, 1.165) is 4.90 Å². The summed E-state index contributed by atoms with van der Waals surface area (Å²) < 4.78 is 14.2. The van der Waals surface area contributed by atoms with Gasteiger partial charge in [0.05, 0.1) is 5.41 Å². The molecule has 0 radical (unpaired) electrons. The molecule has 0 spiro atoms. The van der Waals surface area contributed by atoms with Gasteiger partial charge in [0.1, 0.15) is 0 Å². The molecule has 0 saturated heterocycles. The van der Waals surface area contributed by atoms with Gasteiger partial charge in [-0.2, -0.15) is 0 Å². The number of nitrogens with zero attached hydrogens (tertiary/aromatic N) is 1. The van der Waals surface area contributed by atoms with Crippen LogP contribution in [0.25, 0.3) is 0 Å². The fraction of sp³-hybridized carbons (Fsp3) is 0.824. The first-order valence-corrected chi connectivity index (χ1v) is 8.40. The summed E-state index contributed by atoms with van der Waals surface area (Å²) in [7, 11) is 1.37. The second kappa shape index (κ2) is 8.78. The summed E-state index contributed by atoms with van der Waals surface area (Å²) >= 11 is 3.36. The molecule has 7 nitrogen and oxygen atoms in total. The highest BCUT2D eigenvalue weighted by Gasteiger charge is 2.47. The quantitative estimate of drug-likeness (QED) is 0.251. The summed E-state index contributed by atoms with van der Waals surface area (Å²) in [6.45, 7) is 13.1. The minimum Gasteiger partial charge on any atom is -0.453 e. The average molecular weight is 378 g/mol. The Bertz CT molecular complexity index is 494. The van der Waals surface area contributed by atoms with Gasteiger partial charge in [0.2, 0.25) is 0 Å². The molecule has 0 aliphatic rings. The maximum absolute atomic E-state index is 12.7. The molecule has 0 aliphatic heterocycles. The Kier molecular flexibility index (Phi) is 8.27. The number of hydrogen-bond donors (Lipinski definition) is 1. The van der Waals surface area contributed by atoms with Crippen LogP contribution < -0.4 is 0 Å².